The van der Waals surface area contributed by atoms with E-state index in [2.05, 4.69) is 9.89 Å². The van der Waals surface area contributed by atoms with E-state index in [0.717, 1.165) is 37.2 Å². The minimum atomic E-state index is -0.685. The number of aliphatic imine (C=N–C) groups is 1. The molecule has 1 aromatic rings. The Kier molecular flexibility index (Phi) is 5.73. The molecule has 1 fully saturated rings. The van der Waals surface area contributed by atoms with Crippen LogP contribution in [0.2, 0.25) is 0 Å². The maximum absolute atomic E-state index is 11.6. The van der Waals surface area contributed by atoms with Crippen LogP contribution in [0.1, 0.15) is 25.3 Å². The molecule has 0 saturated carbocycles. The van der Waals surface area contributed by atoms with E-state index >= 15 is 0 Å². The van der Waals surface area contributed by atoms with Gasteiger partial charge in [-0.15, -0.1) is 0 Å². The van der Waals surface area contributed by atoms with Crippen LogP contribution in [0.4, 0.5) is 0 Å². The van der Waals surface area contributed by atoms with Crippen molar-refractivity contribution in [3.05, 3.63) is 42.1 Å². The maximum Gasteiger partial charge on any atom is 0.367 e. The predicted molar refractivity (Wildman–Crippen MR) is 84.9 cm³/mol. The Morgan fingerprint density at radius 1 is 1.36 bits per heavy atom. The van der Waals surface area contributed by atoms with Crippen molar-refractivity contribution in [3.63, 3.8) is 0 Å². The highest BCUT2D eigenvalue weighted by molar-refractivity contribution is 6.43. The van der Waals surface area contributed by atoms with Gasteiger partial charge >= 0.3 is 5.97 Å². The van der Waals surface area contributed by atoms with E-state index in [4.69, 9.17) is 10.00 Å². The zero-order valence-electron chi connectivity index (χ0n) is 12.7. The SMILES string of the molecule is CCOC(=O)C(C#N)=NC=C(c1ccccc1)N1CCCC1. The summed E-state index contributed by atoms with van der Waals surface area (Å²) in [4.78, 5) is 17.9. The topological polar surface area (TPSA) is 65.7 Å². The van der Waals surface area contributed by atoms with E-state index in [1.165, 1.54) is 0 Å². The molecule has 1 aliphatic heterocycles. The summed E-state index contributed by atoms with van der Waals surface area (Å²) in [6.45, 7) is 3.83. The van der Waals surface area contributed by atoms with E-state index in [9.17, 15) is 4.79 Å². The average molecular weight is 297 g/mol. The van der Waals surface area contributed by atoms with Gasteiger partial charge in [-0.05, 0) is 25.3 Å². The van der Waals surface area contributed by atoms with Crippen molar-refractivity contribution in [1.82, 2.24) is 4.90 Å². The summed E-state index contributed by atoms with van der Waals surface area (Å²) in [5, 5.41) is 9.05. The summed E-state index contributed by atoms with van der Waals surface area (Å²) in [5.74, 6) is -0.685. The number of hydrogen-bond acceptors (Lipinski definition) is 5. The van der Waals surface area contributed by atoms with Gasteiger partial charge in [-0.2, -0.15) is 5.26 Å². The van der Waals surface area contributed by atoms with Crippen molar-refractivity contribution in [2.45, 2.75) is 19.8 Å². The van der Waals surface area contributed by atoms with Gasteiger partial charge in [-0.1, -0.05) is 30.3 Å². The molecule has 0 aromatic heterocycles. The molecular weight excluding hydrogens is 278 g/mol. The smallest absolute Gasteiger partial charge is 0.367 e. The molecule has 22 heavy (non-hydrogen) atoms. The molecule has 2 rings (SSSR count). The van der Waals surface area contributed by atoms with E-state index in [1.807, 2.05) is 30.3 Å². The van der Waals surface area contributed by atoms with Crippen molar-refractivity contribution in [2.24, 2.45) is 4.99 Å². The Bertz CT molecular complexity index is 609. The molecule has 0 N–H and O–H groups in total. The highest BCUT2D eigenvalue weighted by atomic mass is 16.5. The molecule has 0 unspecified atom stereocenters. The monoisotopic (exact) mass is 297 g/mol. The quantitative estimate of drug-likeness (QED) is 0.619. The molecule has 0 spiro atoms. The number of nitrogens with zero attached hydrogens (tertiary/aromatic N) is 3. The number of carbonyl (C=O) groups excluding carboxylic acids is 1. The first-order valence-electron chi connectivity index (χ1n) is 7.41. The van der Waals surface area contributed by atoms with Crippen molar-refractivity contribution >= 4 is 17.4 Å². The Hall–Kier alpha value is -2.61. The minimum Gasteiger partial charge on any atom is -0.461 e. The molecule has 1 aliphatic rings. The lowest BCUT2D eigenvalue weighted by Gasteiger charge is -2.21. The van der Waals surface area contributed by atoms with Gasteiger partial charge in [0.25, 0.3) is 0 Å². The van der Waals surface area contributed by atoms with E-state index < -0.39 is 5.97 Å². The summed E-state index contributed by atoms with van der Waals surface area (Å²) in [7, 11) is 0. The first-order chi connectivity index (χ1) is 10.8. The zero-order valence-corrected chi connectivity index (χ0v) is 12.7. The maximum atomic E-state index is 11.6. The van der Waals surface area contributed by atoms with Gasteiger partial charge in [0, 0.05) is 13.1 Å². The number of nitriles is 1. The van der Waals surface area contributed by atoms with Gasteiger partial charge in [-0.3, -0.25) is 0 Å². The number of carbonyl (C=O) groups is 1. The summed E-state index contributed by atoms with van der Waals surface area (Å²) < 4.78 is 4.82. The van der Waals surface area contributed by atoms with Gasteiger partial charge in [0.2, 0.25) is 5.71 Å². The Labute approximate surface area is 130 Å². The second-order valence-electron chi connectivity index (χ2n) is 4.88. The number of likely N-dealkylation sites (tertiary alicyclic amines) is 1. The lowest BCUT2D eigenvalue weighted by Crippen LogP contribution is -2.18. The molecule has 0 radical (unpaired) electrons. The molecule has 0 bridgehead atoms. The minimum absolute atomic E-state index is 0.223. The molecule has 1 heterocycles. The van der Waals surface area contributed by atoms with Crippen LogP contribution in [0.5, 0.6) is 0 Å². The van der Waals surface area contributed by atoms with Crippen LogP contribution in [0.25, 0.3) is 5.70 Å². The molecule has 1 aromatic carbocycles. The van der Waals surface area contributed by atoms with Crippen LogP contribution in [0.3, 0.4) is 0 Å². The number of hydrogen-bond donors (Lipinski definition) is 0. The summed E-state index contributed by atoms with van der Waals surface area (Å²) >= 11 is 0. The zero-order chi connectivity index (χ0) is 15.8. The first-order valence-corrected chi connectivity index (χ1v) is 7.41. The number of ether oxygens (including phenoxy) is 1. The Morgan fingerprint density at radius 3 is 2.64 bits per heavy atom. The molecule has 1 saturated heterocycles. The van der Waals surface area contributed by atoms with Crippen molar-refractivity contribution < 1.29 is 9.53 Å². The third-order valence-electron chi connectivity index (χ3n) is 3.41. The van der Waals surface area contributed by atoms with Crippen LogP contribution in [-0.2, 0) is 9.53 Å². The lowest BCUT2D eigenvalue weighted by molar-refractivity contribution is -0.134. The molecule has 5 heteroatoms. The van der Waals surface area contributed by atoms with Gasteiger partial charge in [-0.25, -0.2) is 9.79 Å². The van der Waals surface area contributed by atoms with Crippen LogP contribution < -0.4 is 0 Å². The molecule has 0 aliphatic carbocycles. The Balaban J connectivity index is 2.32. The van der Waals surface area contributed by atoms with E-state index in [-0.39, 0.29) is 12.3 Å². The fraction of sp³-hybridized carbons (Fsp3) is 0.353. The molecule has 114 valence electrons. The fourth-order valence-corrected chi connectivity index (χ4v) is 2.36. The van der Waals surface area contributed by atoms with Crippen molar-refractivity contribution in [1.29, 1.82) is 5.26 Å². The summed E-state index contributed by atoms with van der Waals surface area (Å²) in [5.41, 5.74) is 1.72. The molecule has 0 amide bonds. The number of esters is 1. The van der Waals surface area contributed by atoms with Gasteiger partial charge in [0.15, 0.2) is 0 Å². The van der Waals surface area contributed by atoms with Gasteiger partial charge in [0.1, 0.15) is 6.07 Å². The lowest BCUT2D eigenvalue weighted by atomic mass is 10.1. The Morgan fingerprint density at radius 2 is 2.05 bits per heavy atom. The second kappa shape index (κ2) is 7.99. The fourth-order valence-electron chi connectivity index (χ4n) is 2.36. The summed E-state index contributed by atoms with van der Waals surface area (Å²) in [6.07, 6.45) is 3.86. The third-order valence-corrected chi connectivity index (χ3v) is 3.41. The normalized spacial score (nSPS) is 15.5. The first kappa shape index (κ1) is 15.8. The van der Waals surface area contributed by atoms with E-state index in [1.54, 1.807) is 19.2 Å². The van der Waals surface area contributed by atoms with Crippen LogP contribution in [-0.4, -0.2) is 36.3 Å². The largest absolute Gasteiger partial charge is 0.461 e. The second-order valence-corrected chi connectivity index (χ2v) is 4.88. The summed E-state index contributed by atoms with van der Waals surface area (Å²) in [6, 6.07) is 11.7. The molecule has 0 atom stereocenters. The molecular formula is C17H19N3O2. The third kappa shape index (κ3) is 3.95. The van der Waals surface area contributed by atoms with Crippen molar-refractivity contribution in [2.75, 3.05) is 19.7 Å². The van der Waals surface area contributed by atoms with E-state index in [0.29, 0.717) is 0 Å². The average Bonchev–Trinajstić information content (AvgIpc) is 3.07. The van der Waals surface area contributed by atoms with Gasteiger partial charge < -0.3 is 9.64 Å². The highest BCUT2D eigenvalue weighted by Crippen LogP contribution is 2.23. The van der Waals surface area contributed by atoms with Crippen LogP contribution in [0, 0.1) is 11.3 Å². The van der Waals surface area contributed by atoms with Gasteiger partial charge in [0.05, 0.1) is 18.5 Å². The number of rotatable bonds is 5. The number of benzene rings is 1. The van der Waals surface area contributed by atoms with Crippen LogP contribution in [0.15, 0.2) is 41.5 Å². The standard InChI is InChI=1S/C17H19N3O2/c1-2-22-17(21)15(12-18)19-13-16(20-10-6-7-11-20)14-8-4-3-5-9-14/h3-5,8-9,13H,2,6-7,10-11H2,1H3. The van der Waals surface area contributed by atoms with Crippen LogP contribution >= 0.6 is 0 Å². The van der Waals surface area contributed by atoms with Crippen molar-refractivity contribution in [3.8, 4) is 6.07 Å². The molecule has 5 nitrogen and oxygen atoms in total. The highest BCUT2D eigenvalue weighted by Gasteiger charge is 2.17. The predicted octanol–water partition coefficient (Wildman–Crippen LogP) is 2.61.